The van der Waals surface area contributed by atoms with E-state index in [0.717, 1.165) is 22.2 Å². The summed E-state index contributed by atoms with van der Waals surface area (Å²) in [6.07, 6.45) is 0.245. The van der Waals surface area contributed by atoms with Crippen LogP contribution in [0.3, 0.4) is 0 Å². The average molecular weight is 394 g/mol. The van der Waals surface area contributed by atoms with Gasteiger partial charge in [-0.25, -0.2) is 4.98 Å². The summed E-state index contributed by atoms with van der Waals surface area (Å²) in [6, 6.07) is 16.3. The van der Waals surface area contributed by atoms with Crippen LogP contribution in [0, 0.1) is 10.7 Å². The maximum absolute atomic E-state index is 12.3. The first kappa shape index (κ1) is 18.6. The minimum atomic E-state index is -0.365. The van der Waals surface area contributed by atoms with Gasteiger partial charge in [0.15, 0.2) is 5.13 Å². The molecule has 0 atom stereocenters. The van der Waals surface area contributed by atoms with Gasteiger partial charge in [0.25, 0.3) is 5.91 Å². The van der Waals surface area contributed by atoms with Gasteiger partial charge in [-0.3, -0.25) is 9.59 Å². The highest BCUT2D eigenvalue weighted by molar-refractivity contribution is 8.03. The Labute approximate surface area is 164 Å². The molecule has 0 aliphatic heterocycles. The average Bonchev–Trinajstić information content (AvgIpc) is 3.13. The van der Waals surface area contributed by atoms with E-state index in [9.17, 15) is 9.59 Å². The van der Waals surface area contributed by atoms with Crippen LogP contribution in [0.2, 0.25) is 0 Å². The zero-order valence-electron chi connectivity index (χ0n) is 14.0. The summed E-state index contributed by atoms with van der Waals surface area (Å²) in [5.74, 6) is -0.552. The third-order valence-corrected chi connectivity index (χ3v) is 4.82. The Balaban J connectivity index is 1.57. The standard InChI is InChI=1S/C19H14N4O2S2/c20-12-27-15-8-6-14(7-9-15)21-18(25)16-11-26-19(22-16)23-17(24)10-13-4-2-1-3-5-13/h1-9,11H,10H2,(H,21,25)(H,22,23,24). The maximum Gasteiger partial charge on any atom is 0.275 e. The normalized spacial score (nSPS) is 10.0. The molecule has 0 unspecified atom stereocenters. The number of nitrogens with zero attached hydrogens (tertiary/aromatic N) is 2. The Morgan fingerprint density at radius 2 is 1.81 bits per heavy atom. The van der Waals surface area contributed by atoms with E-state index in [2.05, 4.69) is 15.6 Å². The fourth-order valence-electron chi connectivity index (χ4n) is 2.23. The van der Waals surface area contributed by atoms with E-state index >= 15 is 0 Å². The Hall–Kier alpha value is -3.15. The van der Waals surface area contributed by atoms with Gasteiger partial charge in [-0.2, -0.15) is 5.26 Å². The van der Waals surface area contributed by atoms with Gasteiger partial charge in [-0.15, -0.1) is 11.3 Å². The number of thiazole rings is 1. The van der Waals surface area contributed by atoms with Crippen LogP contribution in [-0.2, 0) is 11.2 Å². The summed E-state index contributed by atoms with van der Waals surface area (Å²) < 4.78 is 0. The molecule has 8 heteroatoms. The number of amides is 2. The first-order valence-corrected chi connectivity index (χ1v) is 9.60. The topological polar surface area (TPSA) is 94.9 Å². The van der Waals surface area contributed by atoms with Gasteiger partial charge in [0.2, 0.25) is 5.91 Å². The molecule has 1 aromatic heterocycles. The first-order valence-electron chi connectivity index (χ1n) is 7.90. The van der Waals surface area contributed by atoms with E-state index in [1.54, 1.807) is 29.6 Å². The molecule has 0 aliphatic rings. The molecular weight excluding hydrogens is 380 g/mol. The van der Waals surface area contributed by atoms with Crippen molar-refractivity contribution >= 4 is 45.7 Å². The number of carbonyl (C=O) groups excluding carboxylic acids is 2. The van der Waals surface area contributed by atoms with E-state index in [1.807, 2.05) is 35.7 Å². The number of thiocyanates is 1. The summed E-state index contributed by atoms with van der Waals surface area (Å²) in [5, 5.41) is 18.0. The molecule has 3 rings (SSSR count). The third-order valence-electron chi connectivity index (χ3n) is 3.47. The van der Waals surface area contributed by atoms with Crippen molar-refractivity contribution in [1.82, 2.24) is 4.98 Å². The number of carbonyl (C=O) groups is 2. The van der Waals surface area contributed by atoms with Crippen molar-refractivity contribution < 1.29 is 9.59 Å². The lowest BCUT2D eigenvalue weighted by molar-refractivity contribution is -0.115. The molecule has 134 valence electrons. The molecule has 0 spiro atoms. The zero-order valence-corrected chi connectivity index (χ0v) is 15.6. The molecule has 0 aliphatic carbocycles. The molecule has 2 amide bonds. The monoisotopic (exact) mass is 394 g/mol. The van der Waals surface area contributed by atoms with E-state index in [1.165, 1.54) is 11.3 Å². The Bertz CT molecular complexity index is 979. The van der Waals surface area contributed by atoms with Crippen molar-refractivity contribution in [2.45, 2.75) is 11.3 Å². The Kier molecular flexibility index (Phi) is 6.20. The number of thioether (sulfide) groups is 1. The summed E-state index contributed by atoms with van der Waals surface area (Å²) in [7, 11) is 0. The third kappa shape index (κ3) is 5.41. The van der Waals surface area contributed by atoms with Crippen molar-refractivity contribution in [2.75, 3.05) is 10.6 Å². The highest BCUT2D eigenvalue weighted by atomic mass is 32.2. The minimum Gasteiger partial charge on any atom is -0.321 e. The molecule has 0 fully saturated rings. The fraction of sp³-hybridized carbons (Fsp3) is 0.0526. The molecule has 0 saturated carbocycles. The lowest BCUT2D eigenvalue weighted by atomic mass is 10.1. The van der Waals surface area contributed by atoms with Crippen LogP contribution in [-0.4, -0.2) is 16.8 Å². The fourth-order valence-corrected chi connectivity index (χ4v) is 3.32. The highest BCUT2D eigenvalue weighted by Crippen LogP contribution is 2.20. The lowest BCUT2D eigenvalue weighted by Crippen LogP contribution is -2.15. The molecule has 3 aromatic rings. The molecular formula is C19H14N4O2S2. The number of aromatic nitrogens is 1. The van der Waals surface area contributed by atoms with Crippen LogP contribution in [0.1, 0.15) is 16.1 Å². The van der Waals surface area contributed by atoms with Crippen LogP contribution < -0.4 is 10.6 Å². The summed E-state index contributed by atoms with van der Waals surface area (Å²) >= 11 is 2.24. The zero-order chi connectivity index (χ0) is 19.1. The number of anilines is 2. The molecule has 2 N–H and O–H groups in total. The number of nitrogens with one attached hydrogen (secondary N) is 2. The summed E-state index contributed by atoms with van der Waals surface area (Å²) in [6.45, 7) is 0. The smallest absolute Gasteiger partial charge is 0.275 e. The number of hydrogen-bond donors (Lipinski definition) is 2. The maximum atomic E-state index is 12.3. The quantitative estimate of drug-likeness (QED) is 0.484. The molecule has 27 heavy (non-hydrogen) atoms. The van der Waals surface area contributed by atoms with Crippen LogP contribution in [0.15, 0.2) is 64.9 Å². The number of hydrogen-bond acceptors (Lipinski definition) is 6. The number of benzene rings is 2. The van der Waals surface area contributed by atoms with Crippen LogP contribution in [0.25, 0.3) is 0 Å². The van der Waals surface area contributed by atoms with Gasteiger partial charge in [0, 0.05) is 16.0 Å². The Morgan fingerprint density at radius 3 is 2.52 bits per heavy atom. The molecule has 6 nitrogen and oxygen atoms in total. The highest BCUT2D eigenvalue weighted by Gasteiger charge is 2.13. The molecule has 1 heterocycles. The van der Waals surface area contributed by atoms with Crippen LogP contribution in [0.4, 0.5) is 10.8 Å². The van der Waals surface area contributed by atoms with Crippen LogP contribution in [0.5, 0.6) is 0 Å². The second-order valence-electron chi connectivity index (χ2n) is 5.42. The van der Waals surface area contributed by atoms with Crippen molar-refractivity contribution in [3.05, 3.63) is 71.2 Å². The van der Waals surface area contributed by atoms with E-state index in [4.69, 9.17) is 5.26 Å². The van der Waals surface area contributed by atoms with E-state index in [0.29, 0.717) is 10.8 Å². The second kappa shape index (κ2) is 8.98. The molecule has 2 aromatic carbocycles. The number of rotatable bonds is 6. The number of nitriles is 1. The van der Waals surface area contributed by atoms with Crippen molar-refractivity contribution in [1.29, 1.82) is 5.26 Å². The van der Waals surface area contributed by atoms with Gasteiger partial charge in [0.05, 0.1) is 6.42 Å². The SMILES string of the molecule is N#CSc1ccc(NC(=O)c2csc(NC(=O)Cc3ccccc3)n2)cc1. The van der Waals surface area contributed by atoms with Crippen molar-refractivity contribution in [3.63, 3.8) is 0 Å². The Morgan fingerprint density at radius 1 is 1.07 bits per heavy atom. The van der Waals surface area contributed by atoms with E-state index < -0.39 is 0 Å². The second-order valence-corrected chi connectivity index (χ2v) is 7.14. The predicted octanol–water partition coefficient (Wildman–Crippen LogP) is 4.15. The molecule has 0 bridgehead atoms. The van der Waals surface area contributed by atoms with Crippen LogP contribution >= 0.6 is 23.1 Å². The van der Waals surface area contributed by atoms with E-state index in [-0.39, 0.29) is 23.9 Å². The molecule has 0 saturated heterocycles. The van der Waals surface area contributed by atoms with Crippen molar-refractivity contribution in [2.24, 2.45) is 0 Å². The van der Waals surface area contributed by atoms with Gasteiger partial charge < -0.3 is 10.6 Å². The first-order chi connectivity index (χ1) is 13.1. The van der Waals surface area contributed by atoms with Gasteiger partial charge in [-0.05, 0) is 41.6 Å². The predicted molar refractivity (Wildman–Crippen MR) is 107 cm³/mol. The lowest BCUT2D eigenvalue weighted by Gasteiger charge is -2.04. The molecule has 0 radical (unpaired) electrons. The van der Waals surface area contributed by atoms with Gasteiger partial charge in [-0.1, -0.05) is 30.3 Å². The summed E-state index contributed by atoms with van der Waals surface area (Å²) in [5.41, 5.74) is 1.73. The summed E-state index contributed by atoms with van der Waals surface area (Å²) in [4.78, 5) is 29.3. The van der Waals surface area contributed by atoms with Gasteiger partial charge >= 0.3 is 0 Å². The minimum absolute atomic E-state index is 0.187. The van der Waals surface area contributed by atoms with Crippen molar-refractivity contribution in [3.8, 4) is 5.40 Å². The van der Waals surface area contributed by atoms with Gasteiger partial charge in [0.1, 0.15) is 11.1 Å². The largest absolute Gasteiger partial charge is 0.321 e.